The maximum absolute atomic E-state index is 11.8. The predicted octanol–water partition coefficient (Wildman–Crippen LogP) is 2.81. The lowest BCUT2D eigenvalue weighted by Gasteiger charge is -2.28. The second kappa shape index (κ2) is 7.02. The minimum atomic E-state index is -0.294. The Hall–Kier alpha value is -2.04. The molecule has 2 atom stereocenters. The van der Waals surface area contributed by atoms with E-state index in [1.165, 1.54) is 24.9 Å². The van der Waals surface area contributed by atoms with E-state index in [1.807, 2.05) is 31.2 Å². The van der Waals surface area contributed by atoms with E-state index in [4.69, 9.17) is 4.74 Å². The van der Waals surface area contributed by atoms with Crippen molar-refractivity contribution in [3.05, 3.63) is 24.3 Å². The van der Waals surface area contributed by atoms with Gasteiger partial charge in [-0.15, -0.1) is 0 Å². The van der Waals surface area contributed by atoms with E-state index in [9.17, 15) is 9.59 Å². The minimum Gasteiger partial charge on any atom is -0.455 e. The highest BCUT2D eigenvalue weighted by atomic mass is 16.5. The van der Waals surface area contributed by atoms with E-state index in [0.29, 0.717) is 5.92 Å². The molecule has 23 heavy (non-hydrogen) atoms. The summed E-state index contributed by atoms with van der Waals surface area (Å²) < 4.78 is 5.03. The molecule has 2 aliphatic rings. The Balaban J connectivity index is 1.45. The Morgan fingerprint density at radius 3 is 2.43 bits per heavy atom. The number of nitrogens with one attached hydrogen (secondary N) is 1. The fourth-order valence-electron chi connectivity index (χ4n) is 3.00. The van der Waals surface area contributed by atoms with Gasteiger partial charge in [-0.05, 0) is 55.9 Å². The van der Waals surface area contributed by atoms with E-state index in [1.54, 1.807) is 0 Å². The number of carbonyl (C=O) groups is 2. The molecule has 1 aromatic rings. The van der Waals surface area contributed by atoms with Crippen molar-refractivity contribution in [1.29, 1.82) is 0 Å². The summed E-state index contributed by atoms with van der Waals surface area (Å²) in [4.78, 5) is 25.8. The molecule has 5 nitrogen and oxygen atoms in total. The number of amides is 1. The molecule has 0 unspecified atom stereocenters. The molecule has 3 rings (SSSR count). The number of benzene rings is 1. The number of ether oxygens (including phenoxy) is 1. The first-order valence-electron chi connectivity index (χ1n) is 8.45. The number of nitrogens with zero attached hydrogens (tertiary/aromatic N) is 1. The number of piperidine rings is 1. The van der Waals surface area contributed by atoms with Crippen molar-refractivity contribution < 1.29 is 14.3 Å². The molecular formula is C18H24N2O3. The van der Waals surface area contributed by atoms with Crippen molar-refractivity contribution in [2.75, 3.05) is 29.9 Å². The van der Waals surface area contributed by atoms with Crippen LogP contribution in [-0.4, -0.2) is 31.6 Å². The van der Waals surface area contributed by atoms with Gasteiger partial charge in [-0.25, -0.2) is 0 Å². The van der Waals surface area contributed by atoms with Crippen molar-refractivity contribution in [1.82, 2.24) is 0 Å². The molecule has 124 valence electrons. The number of anilines is 2. The lowest BCUT2D eigenvalue weighted by molar-refractivity contribution is -0.148. The highest BCUT2D eigenvalue weighted by Gasteiger charge is 2.40. The smallest absolute Gasteiger partial charge is 0.309 e. The fourth-order valence-corrected chi connectivity index (χ4v) is 3.00. The topological polar surface area (TPSA) is 58.6 Å². The second-order valence-electron chi connectivity index (χ2n) is 6.57. The Morgan fingerprint density at radius 1 is 1.17 bits per heavy atom. The van der Waals surface area contributed by atoms with Crippen LogP contribution in [0.3, 0.4) is 0 Å². The van der Waals surface area contributed by atoms with Gasteiger partial charge in [0.15, 0.2) is 6.61 Å². The molecule has 1 saturated heterocycles. The van der Waals surface area contributed by atoms with Crippen LogP contribution < -0.4 is 10.2 Å². The van der Waals surface area contributed by atoms with Crippen molar-refractivity contribution >= 4 is 23.3 Å². The van der Waals surface area contributed by atoms with Crippen LogP contribution in [0.5, 0.6) is 0 Å². The molecule has 0 spiro atoms. The zero-order valence-corrected chi connectivity index (χ0v) is 13.6. The van der Waals surface area contributed by atoms with Gasteiger partial charge in [0.2, 0.25) is 0 Å². The Bertz CT molecular complexity index is 564. The summed E-state index contributed by atoms with van der Waals surface area (Å²) >= 11 is 0. The highest BCUT2D eigenvalue weighted by molar-refractivity contribution is 5.93. The van der Waals surface area contributed by atoms with Crippen molar-refractivity contribution in [3.63, 3.8) is 0 Å². The molecule has 5 heteroatoms. The normalized spacial score (nSPS) is 23.3. The third-order valence-corrected chi connectivity index (χ3v) is 4.63. The van der Waals surface area contributed by atoms with Gasteiger partial charge in [-0.2, -0.15) is 0 Å². The lowest BCUT2D eigenvalue weighted by Crippen LogP contribution is -2.29. The molecule has 2 fully saturated rings. The third-order valence-electron chi connectivity index (χ3n) is 4.63. The van der Waals surface area contributed by atoms with Gasteiger partial charge in [0.25, 0.3) is 5.91 Å². The number of hydrogen-bond donors (Lipinski definition) is 1. The average Bonchev–Trinajstić information content (AvgIpc) is 3.31. The van der Waals surface area contributed by atoms with Crippen molar-refractivity contribution in [2.24, 2.45) is 11.8 Å². The molecule has 1 saturated carbocycles. The van der Waals surface area contributed by atoms with Gasteiger partial charge in [-0.3, -0.25) is 9.59 Å². The molecule has 1 aliphatic heterocycles. The summed E-state index contributed by atoms with van der Waals surface area (Å²) in [5, 5.41) is 2.76. The first-order valence-corrected chi connectivity index (χ1v) is 8.45. The molecule has 0 radical (unpaired) electrons. The molecule has 0 bridgehead atoms. The number of hydrogen-bond acceptors (Lipinski definition) is 4. The molecule has 1 heterocycles. The van der Waals surface area contributed by atoms with Crippen LogP contribution in [0.2, 0.25) is 0 Å². The second-order valence-corrected chi connectivity index (χ2v) is 6.57. The Kier molecular flexibility index (Phi) is 4.84. The number of rotatable bonds is 5. The largest absolute Gasteiger partial charge is 0.455 e. The van der Waals surface area contributed by atoms with E-state index in [2.05, 4.69) is 10.2 Å². The van der Waals surface area contributed by atoms with Gasteiger partial charge >= 0.3 is 5.97 Å². The number of esters is 1. The Morgan fingerprint density at radius 2 is 1.83 bits per heavy atom. The van der Waals surface area contributed by atoms with Gasteiger partial charge in [-0.1, -0.05) is 6.92 Å². The van der Waals surface area contributed by atoms with Gasteiger partial charge in [0.1, 0.15) is 0 Å². The maximum Gasteiger partial charge on any atom is 0.309 e. The van der Waals surface area contributed by atoms with E-state index in [0.717, 1.165) is 25.2 Å². The van der Waals surface area contributed by atoms with Gasteiger partial charge in [0.05, 0.1) is 5.92 Å². The molecule has 1 aromatic carbocycles. The minimum absolute atomic E-state index is 0.00775. The maximum atomic E-state index is 11.8. The van der Waals surface area contributed by atoms with E-state index < -0.39 is 0 Å². The standard InChI is InChI=1S/C18H24N2O3/c1-13-11-16(13)18(22)23-12-17(21)19-14-5-7-15(8-6-14)20-9-3-2-4-10-20/h5-8,13,16H,2-4,9-12H2,1H3,(H,19,21)/t13-,16+/m1/s1. The first-order chi connectivity index (χ1) is 11.1. The zero-order chi connectivity index (χ0) is 16.2. The summed E-state index contributed by atoms with van der Waals surface area (Å²) in [6.45, 7) is 3.99. The monoisotopic (exact) mass is 316 g/mol. The summed E-state index contributed by atoms with van der Waals surface area (Å²) in [5.74, 6) is -0.162. The van der Waals surface area contributed by atoms with E-state index in [-0.39, 0.29) is 24.4 Å². The van der Waals surface area contributed by atoms with Crippen LogP contribution in [0, 0.1) is 11.8 Å². The predicted molar refractivity (Wildman–Crippen MR) is 89.4 cm³/mol. The fraction of sp³-hybridized carbons (Fsp3) is 0.556. The SMILES string of the molecule is C[C@@H]1C[C@@H]1C(=O)OCC(=O)Nc1ccc(N2CCCCC2)cc1. The van der Waals surface area contributed by atoms with Gasteiger partial charge in [0, 0.05) is 24.5 Å². The van der Waals surface area contributed by atoms with Gasteiger partial charge < -0.3 is 15.0 Å². The van der Waals surface area contributed by atoms with Crippen LogP contribution in [0.25, 0.3) is 0 Å². The molecule has 1 N–H and O–H groups in total. The summed E-state index contributed by atoms with van der Waals surface area (Å²) in [6, 6.07) is 7.84. The summed E-state index contributed by atoms with van der Waals surface area (Å²) in [6.07, 6.45) is 4.66. The Labute approximate surface area is 137 Å². The lowest BCUT2D eigenvalue weighted by atomic mass is 10.1. The average molecular weight is 316 g/mol. The van der Waals surface area contributed by atoms with Crippen LogP contribution in [0.4, 0.5) is 11.4 Å². The summed E-state index contributed by atoms with van der Waals surface area (Å²) in [5.41, 5.74) is 1.92. The number of carbonyl (C=O) groups excluding carboxylic acids is 2. The van der Waals surface area contributed by atoms with Crippen LogP contribution >= 0.6 is 0 Å². The van der Waals surface area contributed by atoms with Crippen LogP contribution in [-0.2, 0) is 14.3 Å². The van der Waals surface area contributed by atoms with Crippen LogP contribution in [0.15, 0.2) is 24.3 Å². The van der Waals surface area contributed by atoms with Crippen molar-refractivity contribution in [3.8, 4) is 0 Å². The molecule has 1 amide bonds. The van der Waals surface area contributed by atoms with Crippen LogP contribution in [0.1, 0.15) is 32.6 Å². The zero-order valence-electron chi connectivity index (χ0n) is 13.6. The molecule has 1 aliphatic carbocycles. The summed E-state index contributed by atoms with van der Waals surface area (Å²) in [7, 11) is 0. The third kappa shape index (κ3) is 4.24. The first kappa shape index (κ1) is 15.8. The molecular weight excluding hydrogens is 292 g/mol. The van der Waals surface area contributed by atoms with Crippen molar-refractivity contribution in [2.45, 2.75) is 32.6 Å². The quantitative estimate of drug-likeness (QED) is 0.849. The highest BCUT2D eigenvalue weighted by Crippen LogP contribution is 2.38. The van der Waals surface area contributed by atoms with E-state index >= 15 is 0 Å². The molecule has 0 aromatic heterocycles.